The van der Waals surface area contributed by atoms with E-state index in [1.165, 1.54) is 16.4 Å². The van der Waals surface area contributed by atoms with Gasteiger partial charge in [0.05, 0.1) is 0 Å². The first kappa shape index (κ1) is 12.5. The van der Waals surface area contributed by atoms with Gasteiger partial charge in [0.25, 0.3) is 5.91 Å². The third-order valence-electron chi connectivity index (χ3n) is 3.11. The molecular formula is C12H19N3OS. The maximum atomic E-state index is 12.2. The molecule has 4 nitrogen and oxygen atoms in total. The number of carbonyl (C=O) groups excluding carboxylic acids is 1. The van der Waals surface area contributed by atoms with E-state index < -0.39 is 0 Å². The molecule has 0 saturated carbocycles. The van der Waals surface area contributed by atoms with Gasteiger partial charge in [0.2, 0.25) is 0 Å². The molecule has 0 unspecified atom stereocenters. The van der Waals surface area contributed by atoms with Crippen LogP contribution in [0.2, 0.25) is 0 Å². The van der Waals surface area contributed by atoms with Crippen LogP contribution in [0.25, 0.3) is 0 Å². The molecule has 1 aliphatic heterocycles. The van der Waals surface area contributed by atoms with Crippen molar-refractivity contribution in [2.75, 3.05) is 33.2 Å². The molecule has 0 N–H and O–H groups in total. The fraction of sp³-hybridized carbons (Fsp3) is 0.667. The van der Waals surface area contributed by atoms with Crippen molar-refractivity contribution in [1.29, 1.82) is 0 Å². The third kappa shape index (κ3) is 2.84. The Morgan fingerprint density at radius 2 is 2.00 bits per heavy atom. The molecule has 2 heterocycles. The minimum absolute atomic E-state index is 0.0845. The lowest BCUT2D eigenvalue weighted by molar-refractivity contribution is 0.0659. The average Bonchev–Trinajstić information content (AvgIpc) is 2.78. The van der Waals surface area contributed by atoms with E-state index in [9.17, 15) is 4.79 Å². The molecular weight excluding hydrogens is 234 g/mol. The lowest BCUT2D eigenvalue weighted by Gasteiger charge is -2.31. The van der Waals surface area contributed by atoms with Crippen LogP contribution >= 0.6 is 11.5 Å². The molecule has 2 rings (SSSR count). The number of amides is 1. The van der Waals surface area contributed by atoms with E-state index in [0.29, 0.717) is 11.6 Å². The second-order valence-electron chi connectivity index (χ2n) is 4.86. The van der Waals surface area contributed by atoms with Crippen molar-refractivity contribution in [2.45, 2.75) is 19.8 Å². The van der Waals surface area contributed by atoms with Crippen molar-refractivity contribution in [3.8, 4) is 0 Å². The van der Waals surface area contributed by atoms with Crippen LogP contribution < -0.4 is 0 Å². The molecule has 1 aromatic rings. The van der Waals surface area contributed by atoms with Crippen LogP contribution in [-0.4, -0.2) is 53.3 Å². The summed E-state index contributed by atoms with van der Waals surface area (Å²) in [5.41, 5.74) is 0.614. The smallest absolute Gasteiger partial charge is 0.273 e. The zero-order chi connectivity index (χ0) is 12.4. The van der Waals surface area contributed by atoms with Crippen molar-refractivity contribution in [3.05, 3.63) is 16.6 Å². The Morgan fingerprint density at radius 1 is 1.35 bits per heavy atom. The van der Waals surface area contributed by atoms with Gasteiger partial charge in [-0.3, -0.25) is 4.79 Å². The van der Waals surface area contributed by atoms with Crippen LogP contribution in [0.1, 0.15) is 35.1 Å². The van der Waals surface area contributed by atoms with Crippen LogP contribution in [0.3, 0.4) is 0 Å². The second-order valence-corrected chi connectivity index (χ2v) is 5.70. The summed E-state index contributed by atoms with van der Waals surface area (Å²) in [4.78, 5) is 17.5. The Morgan fingerprint density at radius 3 is 2.53 bits per heavy atom. The predicted molar refractivity (Wildman–Crippen MR) is 69.6 cm³/mol. The summed E-state index contributed by atoms with van der Waals surface area (Å²) in [5.74, 6) is 0.530. The van der Waals surface area contributed by atoms with Gasteiger partial charge in [0.1, 0.15) is 5.69 Å². The molecule has 5 heteroatoms. The van der Waals surface area contributed by atoms with Gasteiger partial charge in [-0.05, 0) is 30.6 Å². The van der Waals surface area contributed by atoms with E-state index in [2.05, 4.69) is 30.2 Å². The van der Waals surface area contributed by atoms with E-state index in [-0.39, 0.29) is 5.91 Å². The number of likely N-dealkylation sites (N-methyl/N-ethyl adjacent to an activating group) is 1. The first-order chi connectivity index (χ1) is 8.08. The molecule has 0 radical (unpaired) electrons. The highest BCUT2D eigenvalue weighted by Gasteiger charge is 2.22. The molecule has 94 valence electrons. The molecule has 17 heavy (non-hydrogen) atoms. The van der Waals surface area contributed by atoms with Gasteiger partial charge in [-0.1, -0.05) is 13.8 Å². The first-order valence-electron chi connectivity index (χ1n) is 6.02. The monoisotopic (exact) mass is 253 g/mol. The highest BCUT2D eigenvalue weighted by Crippen LogP contribution is 2.21. The topological polar surface area (TPSA) is 36.4 Å². The molecule has 1 aliphatic rings. The van der Waals surface area contributed by atoms with Gasteiger partial charge in [-0.2, -0.15) is 4.37 Å². The molecule has 0 atom stereocenters. The fourth-order valence-corrected chi connectivity index (χ4v) is 2.54. The SMILES string of the molecule is CC(C)c1cc(C(=O)N2CCN(C)CC2)ns1. The van der Waals surface area contributed by atoms with Crippen molar-refractivity contribution in [3.63, 3.8) is 0 Å². The van der Waals surface area contributed by atoms with Gasteiger partial charge >= 0.3 is 0 Å². The van der Waals surface area contributed by atoms with E-state index in [1.54, 1.807) is 0 Å². The Labute approximate surface area is 106 Å². The summed E-state index contributed by atoms with van der Waals surface area (Å²) >= 11 is 1.44. The van der Waals surface area contributed by atoms with Crippen molar-refractivity contribution >= 4 is 17.4 Å². The van der Waals surface area contributed by atoms with E-state index in [1.807, 2.05) is 11.0 Å². The molecule has 1 saturated heterocycles. The van der Waals surface area contributed by atoms with Crippen LogP contribution in [0.4, 0.5) is 0 Å². The average molecular weight is 253 g/mol. The third-order valence-corrected chi connectivity index (χ3v) is 4.20. The van der Waals surface area contributed by atoms with Crippen LogP contribution in [0.15, 0.2) is 6.07 Å². The highest BCUT2D eigenvalue weighted by molar-refractivity contribution is 7.06. The minimum atomic E-state index is 0.0845. The molecule has 0 aromatic carbocycles. The van der Waals surface area contributed by atoms with Crippen molar-refractivity contribution < 1.29 is 4.79 Å². The normalized spacial score (nSPS) is 17.8. The Hall–Kier alpha value is -0.940. The van der Waals surface area contributed by atoms with Gasteiger partial charge in [-0.25, -0.2) is 0 Å². The predicted octanol–water partition coefficient (Wildman–Crippen LogP) is 1.65. The summed E-state index contributed by atoms with van der Waals surface area (Å²) in [5, 5.41) is 0. The standard InChI is InChI=1S/C12H19N3OS/c1-9(2)11-8-10(13-17-11)12(16)15-6-4-14(3)5-7-15/h8-9H,4-7H2,1-3H3. The summed E-state index contributed by atoms with van der Waals surface area (Å²) in [7, 11) is 2.08. The van der Waals surface area contributed by atoms with Gasteiger partial charge < -0.3 is 9.80 Å². The number of hydrogen-bond acceptors (Lipinski definition) is 4. The maximum absolute atomic E-state index is 12.2. The van der Waals surface area contributed by atoms with E-state index >= 15 is 0 Å². The summed E-state index contributed by atoms with van der Waals surface area (Å²) in [6.45, 7) is 7.77. The Kier molecular flexibility index (Phi) is 3.79. The number of nitrogens with zero attached hydrogens (tertiary/aromatic N) is 3. The largest absolute Gasteiger partial charge is 0.335 e. The highest BCUT2D eigenvalue weighted by atomic mass is 32.1. The lowest BCUT2D eigenvalue weighted by atomic mass is 10.1. The maximum Gasteiger partial charge on any atom is 0.273 e. The summed E-state index contributed by atoms with van der Waals surface area (Å²) in [6, 6.07) is 1.94. The molecule has 1 amide bonds. The number of carbonyl (C=O) groups is 1. The van der Waals surface area contributed by atoms with Crippen LogP contribution in [0, 0.1) is 0 Å². The number of rotatable bonds is 2. The molecule has 1 fully saturated rings. The first-order valence-corrected chi connectivity index (χ1v) is 6.79. The Bertz CT molecular complexity index is 394. The zero-order valence-corrected chi connectivity index (χ0v) is 11.5. The molecule has 1 aromatic heterocycles. The van der Waals surface area contributed by atoms with Gasteiger partial charge in [-0.15, -0.1) is 0 Å². The molecule has 0 aliphatic carbocycles. The molecule has 0 spiro atoms. The second kappa shape index (κ2) is 5.14. The minimum Gasteiger partial charge on any atom is -0.335 e. The quantitative estimate of drug-likeness (QED) is 0.804. The fourth-order valence-electron chi connectivity index (χ4n) is 1.83. The van der Waals surface area contributed by atoms with Crippen LogP contribution in [-0.2, 0) is 0 Å². The Balaban J connectivity index is 2.03. The number of aromatic nitrogens is 1. The molecule has 0 bridgehead atoms. The van der Waals surface area contributed by atoms with Crippen molar-refractivity contribution in [1.82, 2.24) is 14.2 Å². The number of piperazine rings is 1. The zero-order valence-electron chi connectivity index (χ0n) is 10.6. The van der Waals surface area contributed by atoms with Crippen LogP contribution in [0.5, 0.6) is 0 Å². The van der Waals surface area contributed by atoms with Gasteiger partial charge in [0.15, 0.2) is 0 Å². The van der Waals surface area contributed by atoms with E-state index in [4.69, 9.17) is 0 Å². The van der Waals surface area contributed by atoms with Crippen molar-refractivity contribution in [2.24, 2.45) is 0 Å². The number of hydrogen-bond donors (Lipinski definition) is 0. The lowest BCUT2D eigenvalue weighted by Crippen LogP contribution is -2.47. The van der Waals surface area contributed by atoms with Gasteiger partial charge in [0, 0.05) is 31.1 Å². The van der Waals surface area contributed by atoms with E-state index in [0.717, 1.165) is 26.2 Å². The summed E-state index contributed by atoms with van der Waals surface area (Å²) in [6.07, 6.45) is 0. The summed E-state index contributed by atoms with van der Waals surface area (Å²) < 4.78 is 4.27.